The van der Waals surface area contributed by atoms with Gasteiger partial charge in [0.05, 0.1) is 19.3 Å². The zero-order valence-electron chi connectivity index (χ0n) is 11.3. The number of nitriles is 1. The lowest BCUT2D eigenvalue weighted by molar-refractivity contribution is -0.139. The van der Waals surface area contributed by atoms with E-state index >= 15 is 0 Å². The first-order valence-corrected chi connectivity index (χ1v) is 6.25. The van der Waals surface area contributed by atoms with E-state index in [2.05, 4.69) is 0 Å². The summed E-state index contributed by atoms with van der Waals surface area (Å²) in [7, 11) is 0. The molecule has 6 heteroatoms. The first kappa shape index (κ1) is 14.7. The second-order valence-electron chi connectivity index (χ2n) is 4.96. The van der Waals surface area contributed by atoms with Gasteiger partial charge in [0.1, 0.15) is 29.0 Å². The molecule has 0 radical (unpaired) electrons. The molecule has 0 aliphatic carbocycles. The van der Waals surface area contributed by atoms with Gasteiger partial charge in [-0.25, -0.2) is 8.78 Å². The summed E-state index contributed by atoms with van der Waals surface area (Å²) >= 11 is 0. The molecule has 1 aromatic carbocycles. The third-order valence-electron chi connectivity index (χ3n) is 2.90. The summed E-state index contributed by atoms with van der Waals surface area (Å²) in [6, 6.07) is 3.31. The van der Waals surface area contributed by atoms with Gasteiger partial charge in [-0.1, -0.05) is 0 Å². The molecule has 1 aliphatic rings. The smallest absolute Gasteiger partial charge is 0.163 e. The van der Waals surface area contributed by atoms with Crippen LogP contribution in [0.4, 0.5) is 8.78 Å². The molecule has 0 amide bonds. The molecule has 1 aromatic rings. The Labute approximate surface area is 115 Å². The van der Waals surface area contributed by atoms with Crippen LogP contribution in [0.1, 0.15) is 25.8 Å². The van der Waals surface area contributed by atoms with E-state index in [0.29, 0.717) is 19.1 Å². The lowest BCUT2D eigenvalue weighted by Crippen LogP contribution is -2.22. The minimum atomic E-state index is -0.927. The summed E-state index contributed by atoms with van der Waals surface area (Å²) in [5, 5.41) is 8.83. The van der Waals surface area contributed by atoms with Crippen molar-refractivity contribution in [3.63, 3.8) is 0 Å². The van der Waals surface area contributed by atoms with E-state index in [-0.39, 0.29) is 24.0 Å². The Kier molecular flexibility index (Phi) is 4.21. The topological polar surface area (TPSA) is 51.5 Å². The molecule has 1 fully saturated rings. The van der Waals surface area contributed by atoms with E-state index in [4.69, 9.17) is 19.5 Å². The normalized spacial score (nSPS) is 20.6. The minimum Gasteiger partial charge on any atom is -0.492 e. The van der Waals surface area contributed by atoms with Gasteiger partial charge in [0.2, 0.25) is 0 Å². The second-order valence-corrected chi connectivity index (χ2v) is 4.96. The highest BCUT2D eigenvalue weighted by atomic mass is 19.1. The summed E-state index contributed by atoms with van der Waals surface area (Å²) in [6.45, 7) is 4.24. The standard InChI is InChI=1S/C14H15F2NO3/c1-14(2)19-8-10(20-14)3-4-18-13-6-9(15)5-12(16)11(13)7-17/h5-6,10H,3-4,8H2,1-2H3/t10-/m1/s1. The molecule has 0 N–H and O–H groups in total. The number of nitrogens with zero attached hydrogens (tertiary/aromatic N) is 1. The largest absolute Gasteiger partial charge is 0.492 e. The van der Waals surface area contributed by atoms with Crippen LogP contribution in [-0.4, -0.2) is 25.1 Å². The van der Waals surface area contributed by atoms with Crippen LogP contribution in [0, 0.1) is 23.0 Å². The maximum absolute atomic E-state index is 13.4. The van der Waals surface area contributed by atoms with Gasteiger partial charge in [0.25, 0.3) is 0 Å². The molecule has 108 valence electrons. The van der Waals surface area contributed by atoms with Crippen LogP contribution in [0.5, 0.6) is 5.75 Å². The minimum absolute atomic E-state index is 0.0943. The van der Waals surface area contributed by atoms with Gasteiger partial charge in [0.15, 0.2) is 5.79 Å². The lowest BCUT2D eigenvalue weighted by atomic mass is 10.2. The van der Waals surface area contributed by atoms with Gasteiger partial charge in [-0.2, -0.15) is 5.26 Å². The Morgan fingerprint density at radius 1 is 1.45 bits per heavy atom. The number of hydrogen-bond donors (Lipinski definition) is 0. The first-order valence-electron chi connectivity index (χ1n) is 6.25. The Hall–Kier alpha value is -1.71. The van der Waals surface area contributed by atoms with E-state index in [1.807, 2.05) is 13.8 Å². The zero-order valence-corrected chi connectivity index (χ0v) is 11.3. The molecular weight excluding hydrogens is 268 g/mol. The molecule has 1 aliphatic heterocycles. The van der Waals surface area contributed by atoms with Crippen molar-refractivity contribution >= 4 is 0 Å². The third-order valence-corrected chi connectivity index (χ3v) is 2.90. The van der Waals surface area contributed by atoms with Crippen molar-refractivity contribution in [1.29, 1.82) is 5.26 Å². The highest BCUT2D eigenvalue weighted by Crippen LogP contribution is 2.26. The molecule has 0 unspecified atom stereocenters. The van der Waals surface area contributed by atoms with Gasteiger partial charge in [-0.3, -0.25) is 0 Å². The van der Waals surface area contributed by atoms with Gasteiger partial charge in [0, 0.05) is 18.6 Å². The van der Waals surface area contributed by atoms with Crippen LogP contribution >= 0.6 is 0 Å². The lowest BCUT2D eigenvalue weighted by Gasteiger charge is -2.17. The highest BCUT2D eigenvalue weighted by Gasteiger charge is 2.32. The van der Waals surface area contributed by atoms with Crippen LogP contribution in [0.15, 0.2) is 12.1 Å². The molecule has 1 heterocycles. The van der Waals surface area contributed by atoms with E-state index in [1.54, 1.807) is 6.07 Å². The van der Waals surface area contributed by atoms with Crippen LogP contribution in [0.2, 0.25) is 0 Å². The molecule has 1 atom stereocenters. The van der Waals surface area contributed by atoms with Crippen LogP contribution in [0.3, 0.4) is 0 Å². The molecule has 1 saturated heterocycles. The molecule has 0 bridgehead atoms. The molecule has 2 rings (SSSR count). The number of halogens is 2. The van der Waals surface area contributed by atoms with Crippen molar-refractivity contribution in [2.75, 3.05) is 13.2 Å². The predicted molar refractivity (Wildman–Crippen MR) is 66.1 cm³/mol. The predicted octanol–water partition coefficient (Wildman–Crippen LogP) is 2.76. The number of rotatable bonds is 4. The van der Waals surface area contributed by atoms with Gasteiger partial charge in [-0.05, 0) is 13.8 Å². The second kappa shape index (κ2) is 5.73. The molecule has 20 heavy (non-hydrogen) atoms. The van der Waals surface area contributed by atoms with Crippen LogP contribution in [0.25, 0.3) is 0 Å². The Morgan fingerprint density at radius 3 is 2.80 bits per heavy atom. The SMILES string of the molecule is CC1(C)OC[C@@H](CCOc2cc(F)cc(F)c2C#N)O1. The monoisotopic (exact) mass is 283 g/mol. The summed E-state index contributed by atoms with van der Waals surface area (Å²) in [6.07, 6.45) is 0.376. The summed E-state index contributed by atoms with van der Waals surface area (Å²) < 4.78 is 42.7. The van der Waals surface area contributed by atoms with Gasteiger partial charge in [-0.15, -0.1) is 0 Å². The molecule has 4 nitrogen and oxygen atoms in total. The van der Waals surface area contributed by atoms with Gasteiger partial charge >= 0.3 is 0 Å². The fourth-order valence-electron chi connectivity index (χ4n) is 1.98. The summed E-state index contributed by atoms with van der Waals surface area (Å²) in [4.78, 5) is 0. The fraction of sp³-hybridized carbons (Fsp3) is 0.500. The first-order chi connectivity index (χ1) is 9.41. The summed E-state index contributed by atoms with van der Waals surface area (Å²) in [5.41, 5.74) is -0.296. The molecule has 0 aromatic heterocycles. The fourth-order valence-corrected chi connectivity index (χ4v) is 1.98. The Bertz CT molecular complexity index is 540. The maximum atomic E-state index is 13.4. The highest BCUT2D eigenvalue weighted by molar-refractivity contribution is 5.44. The van der Waals surface area contributed by atoms with Crippen molar-refractivity contribution in [2.24, 2.45) is 0 Å². The van der Waals surface area contributed by atoms with E-state index < -0.39 is 17.4 Å². The van der Waals surface area contributed by atoms with Crippen LogP contribution in [-0.2, 0) is 9.47 Å². The molecule has 0 spiro atoms. The van der Waals surface area contributed by atoms with Crippen molar-refractivity contribution in [3.05, 3.63) is 29.3 Å². The van der Waals surface area contributed by atoms with E-state index in [9.17, 15) is 8.78 Å². The summed E-state index contributed by atoms with van der Waals surface area (Å²) in [5.74, 6) is -2.42. The Balaban J connectivity index is 1.94. The average Bonchev–Trinajstić information content (AvgIpc) is 2.68. The van der Waals surface area contributed by atoms with E-state index in [1.165, 1.54) is 0 Å². The molecular formula is C14H15F2NO3. The van der Waals surface area contributed by atoms with E-state index in [0.717, 1.165) is 6.07 Å². The number of benzene rings is 1. The zero-order chi connectivity index (χ0) is 14.8. The average molecular weight is 283 g/mol. The maximum Gasteiger partial charge on any atom is 0.163 e. The number of hydrogen-bond acceptors (Lipinski definition) is 4. The van der Waals surface area contributed by atoms with Crippen molar-refractivity contribution < 1.29 is 23.0 Å². The van der Waals surface area contributed by atoms with Crippen molar-refractivity contribution in [1.82, 2.24) is 0 Å². The van der Waals surface area contributed by atoms with Crippen molar-refractivity contribution in [3.8, 4) is 11.8 Å². The Morgan fingerprint density at radius 2 is 2.20 bits per heavy atom. The van der Waals surface area contributed by atoms with Crippen LogP contribution < -0.4 is 4.74 Å². The van der Waals surface area contributed by atoms with Crippen molar-refractivity contribution in [2.45, 2.75) is 32.2 Å². The molecule has 0 saturated carbocycles. The number of ether oxygens (including phenoxy) is 3. The third kappa shape index (κ3) is 3.44. The quantitative estimate of drug-likeness (QED) is 0.852. The van der Waals surface area contributed by atoms with Gasteiger partial charge < -0.3 is 14.2 Å².